The van der Waals surface area contributed by atoms with E-state index in [2.05, 4.69) is 10.2 Å². The first-order valence-electron chi connectivity index (χ1n) is 9.31. The van der Waals surface area contributed by atoms with Gasteiger partial charge in [0.1, 0.15) is 22.7 Å². The molecule has 0 spiro atoms. The van der Waals surface area contributed by atoms with Crippen molar-refractivity contribution >= 4 is 39.3 Å². The van der Waals surface area contributed by atoms with E-state index in [1.807, 2.05) is 0 Å². The number of carbonyl (C=O) groups is 2. The highest BCUT2D eigenvalue weighted by Gasteiger charge is 2.45. The zero-order valence-electron chi connectivity index (χ0n) is 16.1. The summed E-state index contributed by atoms with van der Waals surface area (Å²) in [5, 5.41) is 8.07. The SMILES string of the molecule is NC(=O)COc1ccc(C2c3c(oc4ccc(F)cc4c3=O)C(=O)N2c2nncs2)cc1. The predicted molar refractivity (Wildman–Crippen MR) is 112 cm³/mol. The molecule has 2 aromatic heterocycles. The number of hydrogen-bond acceptors (Lipinski definition) is 8. The van der Waals surface area contributed by atoms with E-state index in [0.717, 1.165) is 23.5 Å². The Morgan fingerprint density at radius 3 is 2.69 bits per heavy atom. The summed E-state index contributed by atoms with van der Waals surface area (Å²) >= 11 is 1.12. The van der Waals surface area contributed by atoms with Crippen molar-refractivity contribution in [2.75, 3.05) is 11.5 Å². The van der Waals surface area contributed by atoms with Crippen LogP contribution in [0.1, 0.15) is 27.7 Å². The second-order valence-electron chi connectivity index (χ2n) is 6.94. The molecule has 9 nitrogen and oxygen atoms in total. The molecule has 2 N–H and O–H groups in total. The van der Waals surface area contributed by atoms with E-state index in [1.54, 1.807) is 24.3 Å². The van der Waals surface area contributed by atoms with Crippen LogP contribution in [0.25, 0.3) is 11.0 Å². The minimum absolute atomic E-state index is 0.0297. The molecular formula is C21H13FN4O5S. The summed E-state index contributed by atoms with van der Waals surface area (Å²) in [5.74, 6) is -1.53. The first-order valence-corrected chi connectivity index (χ1v) is 10.2. The van der Waals surface area contributed by atoms with Gasteiger partial charge in [-0.15, -0.1) is 10.2 Å². The van der Waals surface area contributed by atoms with Gasteiger partial charge in [0.15, 0.2) is 12.0 Å². The van der Waals surface area contributed by atoms with Crippen LogP contribution in [0, 0.1) is 5.82 Å². The molecule has 0 fully saturated rings. The Morgan fingerprint density at radius 2 is 2.00 bits per heavy atom. The largest absolute Gasteiger partial charge is 0.484 e. The number of hydrogen-bond donors (Lipinski definition) is 1. The number of nitrogens with two attached hydrogens (primary N) is 1. The van der Waals surface area contributed by atoms with Crippen molar-refractivity contribution in [2.24, 2.45) is 5.73 Å². The zero-order chi connectivity index (χ0) is 22.4. The fourth-order valence-corrected chi connectivity index (χ4v) is 4.22. The highest BCUT2D eigenvalue weighted by atomic mass is 32.1. The molecule has 1 aliphatic rings. The number of carbonyl (C=O) groups excluding carboxylic acids is 2. The van der Waals surface area contributed by atoms with E-state index < -0.39 is 29.1 Å². The maximum Gasteiger partial charge on any atom is 0.297 e. The van der Waals surface area contributed by atoms with E-state index in [9.17, 15) is 18.8 Å². The molecule has 1 unspecified atom stereocenters. The molecule has 2 aromatic carbocycles. The maximum atomic E-state index is 13.8. The van der Waals surface area contributed by atoms with E-state index in [-0.39, 0.29) is 34.0 Å². The van der Waals surface area contributed by atoms with Crippen LogP contribution in [0.2, 0.25) is 0 Å². The van der Waals surface area contributed by atoms with Gasteiger partial charge in [-0.25, -0.2) is 4.39 Å². The molecule has 4 aromatic rings. The van der Waals surface area contributed by atoms with Crippen molar-refractivity contribution in [3.63, 3.8) is 0 Å². The molecule has 3 heterocycles. The number of primary amides is 1. The summed E-state index contributed by atoms with van der Waals surface area (Å²) in [6.45, 7) is -0.290. The fraction of sp³-hybridized carbons (Fsp3) is 0.0952. The van der Waals surface area contributed by atoms with Gasteiger partial charge >= 0.3 is 0 Å². The van der Waals surface area contributed by atoms with Crippen molar-refractivity contribution in [3.8, 4) is 5.75 Å². The lowest BCUT2D eigenvalue weighted by atomic mass is 9.98. The van der Waals surface area contributed by atoms with Crippen LogP contribution in [0.15, 0.2) is 57.2 Å². The van der Waals surface area contributed by atoms with Crippen LogP contribution in [-0.2, 0) is 4.79 Å². The Bertz CT molecular complexity index is 1420. The topological polar surface area (TPSA) is 129 Å². The third-order valence-corrected chi connectivity index (χ3v) is 5.65. The molecule has 2 amide bonds. The van der Waals surface area contributed by atoms with Gasteiger partial charge in [-0.2, -0.15) is 0 Å². The van der Waals surface area contributed by atoms with E-state index in [1.165, 1.54) is 16.5 Å². The van der Waals surface area contributed by atoms with Crippen molar-refractivity contribution in [2.45, 2.75) is 6.04 Å². The number of halogens is 1. The molecule has 32 heavy (non-hydrogen) atoms. The number of benzene rings is 2. The number of amides is 2. The van der Waals surface area contributed by atoms with Crippen molar-refractivity contribution < 1.29 is 23.1 Å². The Hall–Kier alpha value is -4.12. The number of fused-ring (bicyclic) bond motifs is 2. The smallest absolute Gasteiger partial charge is 0.297 e. The normalized spacial score (nSPS) is 15.2. The van der Waals surface area contributed by atoms with Crippen molar-refractivity contribution in [1.29, 1.82) is 0 Å². The highest BCUT2D eigenvalue weighted by Crippen LogP contribution is 2.41. The summed E-state index contributed by atoms with van der Waals surface area (Å²) in [6.07, 6.45) is 0. The lowest BCUT2D eigenvalue weighted by molar-refractivity contribution is -0.119. The van der Waals surface area contributed by atoms with Gasteiger partial charge in [0.05, 0.1) is 17.0 Å². The Balaban J connectivity index is 1.68. The van der Waals surface area contributed by atoms with Crippen LogP contribution >= 0.6 is 11.3 Å². The Kier molecular flexibility index (Phi) is 4.67. The summed E-state index contributed by atoms with van der Waals surface area (Å²) in [5.41, 5.74) is 6.78. The molecule has 11 heteroatoms. The van der Waals surface area contributed by atoms with Crippen molar-refractivity contribution in [3.05, 3.63) is 80.9 Å². The third kappa shape index (κ3) is 3.19. The highest BCUT2D eigenvalue weighted by molar-refractivity contribution is 7.13. The van der Waals surface area contributed by atoms with Gasteiger partial charge < -0.3 is 14.9 Å². The summed E-state index contributed by atoms with van der Waals surface area (Å²) in [4.78, 5) is 38.9. The monoisotopic (exact) mass is 452 g/mol. The Morgan fingerprint density at radius 1 is 1.22 bits per heavy atom. The molecule has 1 atom stereocenters. The van der Waals surface area contributed by atoms with E-state index in [4.69, 9.17) is 14.9 Å². The lowest BCUT2D eigenvalue weighted by Gasteiger charge is -2.22. The maximum absolute atomic E-state index is 13.8. The molecule has 0 aliphatic carbocycles. The second kappa shape index (κ2) is 7.54. The van der Waals surface area contributed by atoms with Crippen molar-refractivity contribution in [1.82, 2.24) is 10.2 Å². The van der Waals surface area contributed by atoms with Gasteiger partial charge in [0, 0.05) is 0 Å². The average Bonchev–Trinajstić information content (AvgIpc) is 3.40. The summed E-state index contributed by atoms with van der Waals surface area (Å²) in [6, 6.07) is 9.13. The minimum Gasteiger partial charge on any atom is -0.484 e. The fourth-order valence-electron chi connectivity index (χ4n) is 3.63. The first-order chi connectivity index (χ1) is 15.4. The van der Waals surface area contributed by atoms with Gasteiger partial charge in [0.25, 0.3) is 11.8 Å². The van der Waals surface area contributed by atoms with Crippen LogP contribution in [-0.4, -0.2) is 28.6 Å². The predicted octanol–water partition coefficient (Wildman–Crippen LogP) is 2.40. The lowest BCUT2D eigenvalue weighted by Crippen LogP contribution is -2.29. The zero-order valence-corrected chi connectivity index (χ0v) is 17.0. The van der Waals surface area contributed by atoms with Gasteiger partial charge in [0.2, 0.25) is 10.9 Å². The Labute approximate surface area is 182 Å². The summed E-state index contributed by atoms with van der Waals surface area (Å²) < 4.78 is 24.8. The van der Waals surface area contributed by atoms with Gasteiger partial charge in [-0.05, 0) is 35.9 Å². The van der Waals surface area contributed by atoms with E-state index in [0.29, 0.717) is 11.3 Å². The summed E-state index contributed by atoms with van der Waals surface area (Å²) in [7, 11) is 0. The third-order valence-electron chi connectivity index (χ3n) is 4.96. The number of rotatable bonds is 5. The van der Waals surface area contributed by atoms with Crippen LogP contribution in [0.4, 0.5) is 9.52 Å². The van der Waals surface area contributed by atoms with Crippen LogP contribution in [0.3, 0.4) is 0 Å². The van der Waals surface area contributed by atoms with Crippen LogP contribution in [0.5, 0.6) is 5.75 Å². The molecule has 160 valence electrons. The minimum atomic E-state index is -0.875. The van der Waals surface area contributed by atoms with Gasteiger partial charge in [-0.1, -0.05) is 23.5 Å². The molecule has 0 saturated carbocycles. The average molecular weight is 452 g/mol. The number of aromatic nitrogens is 2. The molecular weight excluding hydrogens is 439 g/mol. The molecule has 1 aliphatic heterocycles. The van der Waals surface area contributed by atoms with E-state index >= 15 is 0 Å². The van der Waals surface area contributed by atoms with Crippen LogP contribution < -0.4 is 20.8 Å². The number of nitrogens with zero attached hydrogens (tertiary/aromatic N) is 3. The number of ether oxygens (including phenoxy) is 1. The quantitative estimate of drug-likeness (QED) is 0.492. The van der Waals surface area contributed by atoms with Gasteiger partial charge in [-0.3, -0.25) is 19.3 Å². The standard InChI is InChI=1S/C21H13FN4O5S/c22-11-3-6-14-13(7-11)18(28)16-17(10-1-4-12(5-2-10)30-8-15(23)27)26(20(29)19(16)31-14)21-25-24-9-32-21/h1-7,9,17H,8H2,(H2,23,27). The molecule has 0 bridgehead atoms. The molecule has 5 rings (SSSR count). The second-order valence-corrected chi connectivity index (χ2v) is 7.75. The molecule has 0 saturated heterocycles. The number of anilines is 1. The first kappa shape index (κ1) is 19.8. The molecule has 0 radical (unpaired) electrons.